The number of carbonyl (C=O) groups excluding carboxylic acids is 1. The van der Waals surface area contributed by atoms with Gasteiger partial charge in [0.2, 0.25) is 0 Å². The van der Waals surface area contributed by atoms with Gasteiger partial charge in [-0.2, -0.15) is 0 Å². The van der Waals surface area contributed by atoms with Crippen LogP contribution in [0, 0.1) is 11.6 Å². The molecule has 2 N–H and O–H groups in total. The van der Waals surface area contributed by atoms with E-state index in [2.05, 4.69) is 10.3 Å². The van der Waals surface area contributed by atoms with E-state index < -0.39 is 11.9 Å². The first-order chi connectivity index (χ1) is 15.4. The van der Waals surface area contributed by atoms with Crippen molar-refractivity contribution in [3.05, 3.63) is 99.2 Å². The van der Waals surface area contributed by atoms with Crippen molar-refractivity contribution in [1.29, 1.82) is 0 Å². The van der Waals surface area contributed by atoms with Crippen molar-refractivity contribution in [3.8, 4) is 0 Å². The molecule has 32 heavy (non-hydrogen) atoms. The van der Waals surface area contributed by atoms with Crippen molar-refractivity contribution in [2.24, 2.45) is 0 Å². The van der Waals surface area contributed by atoms with Crippen LogP contribution < -0.4 is 5.32 Å². The number of hydrogen-bond acceptors (Lipinski definition) is 1. The number of fused-ring (bicyclic) bond motifs is 3. The lowest BCUT2D eigenvalue weighted by Crippen LogP contribution is -2.43. The lowest BCUT2D eigenvalue weighted by Gasteiger charge is -2.36. The maximum absolute atomic E-state index is 13.6. The fourth-order valence-electron chi connectivity index (χ4n) is 4.24. The van der Waals surface area contributed by atoms with Crippen molar-refractivity contribution in [3.63, 3.8) is 0 Å². The average Bonchev–Trinajstić information content (AvgIpc) is 3.14. The third kappa shape index (κ3) is 3.70. The van der Waals surface area contributed by atoms with Gasteiger partial charge in [-0.3, -0.25) is 0 Å². The Hall–Kier alpha value is -3.09. The minimum atomic E-state index is -0.562. The highest BCUT2D eigenvalue weighted by molar-refractivity contribution is 6.31. The van der Waals surface area contributed by atoms with E-state index in [1.54, 1.807) is 17.0 Å². The molecule has 4 aromatic rings. The first-order valence-corrected chi connectivity index (χ1v) is 10.7. The number of halogens is 4. The summed E-state index contributed by atoms with van der Waals surface area (Å²) in [4.78, 5) is 18.4. The molecule has 5 rings (SSSR count). The van der Waals surface area contributed by atoms with Gasteiger partial charge >= 0.3 is 6.03 Å². The predicted octanol–water partition coefficient (Wildman–Crippen LogP) is 6.93. The van der Waals surface area contributed by atoms with Crippen LogP contribution in [0.1, 0.15) is 22.9 Å². The maximum Gasteiger partial charge on any atom is 0.322 e. The van der Waals surface area contributed by atoms with Gasteiger partial charge in [0.15, 0.2) is 0 Å². The molecule has 0 unspecified atom stereocenters. The number of benzene rings is 3. The summed E-state index contributed by atoms with van der Waals surface area (Å²) in [7, 11) is 0. The number of carbonyl (C=O) groups is 1. The monoisotopic (exact) mass is 471 g/mol. The first kappa shape index (κ1) is 20.8. The van der Waals surface area contributed by atoms with Crippen molar-refractivity contribution < 1.29 is 13.6 Å². The fourth-order valence-corrected chi connectivity index (χ4v) is 4.59. The molecule has 0 saturated carbocycles. The second-order valence-corrected chi connectivity index (χ2v) is 8.51. The van der Waals surface area contributed by atoms with Gasteiger partial charge in [0, 0.05) is 33.9 Å². The highest BCUT2D eigenvalue weighted by Gasteiger charge is 2.34. The van der Waals surface area contributed by atoms with Gasteiger partial charge in [-0.05, 0) is 66.1 Å². The second-order valence-electron chi connectivity index (χ2n) is 7.66. The number of aromatic amines is 1. The van der Waals surface area contributed by atoms with E-state index in [4.69, 9.17) is 23.2 Å². The molecule has 1 atom stereocenters. The summed E-state index contributed by atoms with van der Waals surface area (Å²) in [5.41, 5.74) is 3.99. The third-order valence-corrected chi connectivity index (χ3v) is 6.23. The molecule has 0 radical (unpaired) electrons. The number of H-pyrrole nitrogens is 1. The highest BCUT2D eigenvalue weighted by atomic mass is 35.5. The predicted molar refractivity (Wildman–Crippen MR) is 122 cm³/mol. The summed E-state index contributed by atoms with van der Waals surface area (Å²) in [5.74, 6) is -0.918. The zero-order valence-corrected chi connectivity index (χ0v) is 18.1. The Kier molecular flexibility index (Phi) is 5.27. The van der Waals surface area contributed by atoms with Crippen LogP contribution in [0.25, 0.3) is 10.9 Å². The minimum absolute atomic E-state index is 0.0775. The molecular weight excluding hydrogens is 455 g/mol. The molecule has 1 aliphatic heterocycles. The number of nitrogens with one attached hydrogen (secondary N) is 2. The van der Waals surface area contributed by atoms with E-state index in [0.29, 0.717) is 23.7 Å². The molecule has 0 aliphatic carbocycles. The average molecular weight is 472 g/mol. The Morgan fingerprint density at radius 2 is 1.81 bits per heavy atom. The Morgan fingerprint density at radius 1 is 1.03 bits per heavy atom. The smallest absolute Gasteiger partial charge is 0.322 e. The van der Waals surface area contributed by atoms with Crippen LogP contribution in [-0.4, -0.2) is 22.5 Å². The summed E-state index contributed by atoms with van der Waals surface area (Å²) < 4.78 is 27.1. The van der Waals surface area contributed by atoms with E-state index in [-0.39, 0.29) is 16.9 Å². The highest BCUT2D eigenvalue weighted by Crippen LogP contribution is 2.39. The minimum Gasteiger partial charge on any atom is -0.356 e. The lowest BCUT2D eigenvalue weighted by atomic mass is 9.92. The van der Waals surface area contributed by atoms with E-state index in [1.807, 2.05) is 18.2 Å². The Bertz CT molecular complexity index is 1340. The van der Waals surface area contributed by atoms with E-state index >= 15 is 0 Å². The summed E-state index contributed by atoms with van der Waals surface area (Å²) in [5, 5.41) is 4.35. The maximum atomic E-state index is 13.6. The second kappa shape index (κ2) is 8.11. The number of anilines is 1. The van der Waals surface area contributed by atoms with Crippen molar-refractivity contribution in [1.82, 2.24) is 9.88 Å². The number of hydrogen-bond donors (Lipinski definition) is 2. The molecule has 0 saturated heterocycles. The third-order valence-electron chi connectivity index (χ3n) is 5.71. The van der Waals surface area contributed by atoms with Crippen LogP contribution in [0.4, 0.5) is 19.3 Å². The van der Waals surface area contributed by atoms with Gasteiger partial charge in [0.1, 0.15) is 11.6 Å². The van der Waals surface area contributed by atoms with Crippen molar-refractivity contribution >= 4 is 45.8 Å². The van der Waals surface area contributed by atoms with Crippen LogP contribution in [0.5, 0.6) is 0 Å². The standard InChI is InChI=1S/C24H17Cl2F2N3O/c25-14-3-8-21-18(11-14)17-9-10-31(24(32)29-16-6-7-20(28)19(26)12-16)23(22(17)30-21)13-1-4-15(27)5-2-13/h1-8,11-12,23,30H,9-10H2,(H,29,32)/t23-/m1/s1. The molecule has 0 fully saturated rings. The van der Waals surface area contributed by atoms with E-state index in [9.17, 15) is 13.6 Å². The van der Waals surface area contributed by atoms with Crippen LogP contribution in [0.3, 0.4) is 0 Å². The summed E-state index contributed by atoms with van der Waals surface area (Å²) in [6.45, 7) is 0.426. The van der Waals surface area contributed by atoms with Gasteiger partial charge in [-0.15, -0.1) is 0 Å². The molecule has 0 spiro atoms. The van der Waals surface area contributed by atoms with Gasteiger partial charge in [-0.1, -0.05) is 35.3 Å². The van der Waals surface area contributed by atoms with Gasteiger partial charge in [0.05, 0.1) is 11.1 Å². The number of rotatable bonds is 2. The normalized spacial score (nSPS) is 15.6. The largest absolute Gasteiger partial charge is 0.356 e. The molecular formula is C24H17Cl2F2N3O. The number of amides is 2. The molecule has 4 nitrogen and oxygen atoms in total. The molecule has 0 bridgehead atoms. The Labute approximate surface area is 192 Å². The van der Waals surface area contributed by atoms with Crippen LogP contribution >= 0.6 is 23.2 Å². The number of nitrogens with zero attached hydrogens (tertiary/aromatic N) is 1. The molecule has 1 aromatic heterocycles. The first-order valence-electron chi connectivity index (χ1n) is 9.99. The summed E-state index contributed by atoms with van der Waals surface area (Å²) in [6, 6.07) is 14.9. The Balaban J connectivity index is 1.57. The van der Waals surface area contributed by atoms with Crippen molar-refractivity contribution in [2.45, 2.75) is 12.5 Å². The van der Waals surface area contributed by atoms with Crippen LogP contribution in [0.15, 0.2) is 60.7 Å². The topological polar surface area (TPSA) is 48.1 Å². The van der Waals surface area contributed by atoms with Crippen LogP contribution in [-0.2, 0) is 6.42 Å². The van der Waals surface area contributed by atoms with Gasteiger partial charge in [0.25, 0.3) is 0 Å². The zero-order chi connectivity index (χ0) is 22.4. The lowest BCUT2D eigenvalue weighted by molar-refractivity contribution is 0.193. The number of aromatic nitrogens is 1. The SMILES string of the molecule is O=C(Nc1ccc(F)c(Cl)c1)N1CCc2c([nH]c3ccc(Cl)cc23)[C@H]1c1ccc(F)cc1. The molecule has 8 heteroatoms. The Morgan fingerprint density at radius 3 is 2.56 bits per heavy atom. The van der Waals surface area contributed by atoms with Crippen molar-refractivity contribution in [2.75, 3.05) is 11.9 Å². The molecule has 2 amide bonds. The van der Waals surface area contributed by atoms with E-state index in [1.165, 1.54) is 30.3 Å². The zero-order valence-electron chi connectivity index (χ0n) is 16.6. The van der Waals surface area contributed by atoms with Crippen LogP contribution in [0.2, 0.25) is 10.0 Å². The molecule has 162 valence electrons. The molecule has 3 aromatic carbocycles. The molecule has 1 aliphatic rings. The van der Waals surface area contributed by atoms with E-state index in [0.717, 1.165) is 27.7 Å². The number of urea groups is 1. The summed E-state index contributed by atoms with van der Waals surface area (Å²) in [6.07, 6.45) is 0.616. The van der Waals surface area contributed by atoms with Gasteiger partial charge in [-0.25, -0.2) is 13.6 Å². The fraction of sp³-hybridized carbons (Fsp3) is 0.125. The quantitative estimate of drug-likeness (QED) is 0.327. The van der Waals surface area contributed by atoms with Gasteiger partial charge < -0.3 is 15.2 Å². The summed E-state index contributed by atoms with van der Waals surface area (Å²) >= 11 is 12.1. The molecule has 2 heterocycles.